The van der Waals surface area contributed by atoms with Crippen LogP contribution in [0.3, 0.4) is 0 Å². The zero-order valence-electron chi connectivity index (χ0n) is 31.6. The van der Waals surface area contributed by atoms with Crippen LogP contribution in [0.15, 0.2) is 164 Å². The molecule has 1 aliphatic carbocycles. The van der Waals surface area contributed by atoms with Crippen LogP contribution in [0.25, 0.3) is 33.8 Å². The van der Waals surface area contributed by atoms with Gasteiger partial charge in [-0.05, 0) is 61.4 Å². The number of aromatic nitrogens is 1. The molecule has 5 nitrogen and oxygen atoms in total. The molecule has 0 spiro atoms. The molecule has 5 heteroatoms. The summed E-state index contributed by atoms with van der Waals surface area (Å²) in [5, 5.41) is 8.24. The van der Waals surface area contributed by atoms with E-state index < -0.39 is 0 Å². The van der Waals surface area contributed by atoms with Crippen molar-refractivity contribution in [2.45, 2.75) is 47.0 Å². The second-order valence-corrected chi connectivity index (χ2v) is 12.4. The van der Waals surface area contributed by atoms with E-state index in [4.69, 9.17) is 11.3 Å². The quantitative estimate of drug-likeness (QED) is 0.0524. The summed E-state index contributed by atoms with van der Waals surface area (Å²) in [6.07, 6.45) is 17.0. The SMILES string of the molecule is C=C/C=C\CNc1c2c(c3[nH]ccc3c1N)C=CCC2.CC.Cc1ccc(-c2ccc(/C(=C/Cc3ccccc3)N=N)cc2)cc1.Cc1ccccc1. The number of aromatic amines is 1. The van der Waals surface area contributed by atoms with Gasteiger partial charge in [-0.1, -0.05) is 177 Å². The van der Waals surface area contributed by atoms with Crippen molar-refractivity contribution in [2.75, 3.05) is 17.6 Å². The number of hydrogen-bond acceptors (Lipinski definition) is 4. The normalized spacial score (nSPS) is 11.6. The summed E-state index contributed by atoms with van der Waals surface area (Å²) in [5.41, 5.74) is 27.3. The Balaban J connectivity index is 0.000000194. The summed E-state index contributed by atoms with van der Waals surface area (Å²) in [4.78, 5) is 3.31. The van der Waals surface area contributed by atoms with Gasteiger partial charge in [0.1, 0.15) is 0 Å². The molecule has 0 fully saturated rings. The summed E-state index contributed by atoms with van der Waals surface area (Å²) in [7, 11) is 0. The van der Waals surface area contributed by atoms with Gasteiger partial charge in [-0.25, -0.2) is 5.53 Å². The van der Waals surface area contributed by atoms with Crippen LogP contribution in [0.2, 0.25) is 0 Å². The Morgan fingerprint density at radius 3 is 2.08 bits per heavy atom. The van der Waals surface area contributed by atoms with E-state index in [1.165, 1.54) is 38.9 Å². The van der Waals surface area contributed by atoms with Crippen LogP contribution in [0.5, 0.6) is 0 Å². The third-order valence-corrected chi connectivity index (χ3v) is 8.72. The Bertz CT molecular complexity index is 2100. The van der Waals surface area contributed by atoms with E-state index in [1.807, 2.05) is 92.9 Å². The van der Waals surface area contributed by atoms with Gasteiger partial charge >= 0.3 is 0 Å². The number of aryl methyl sites for hydroxylation is 2. The van der Waals surface area contributed by atoms with Gasteiger partial charge < -0.3 is 16.0 Å². The number of fused-ring (bicyclic) bond motifs is 3. The molecule has 0 atom stereocenters. The van der Waals surface area contributed by atoms with Crippen LogP contribution in [0.1, 0.15) is 53.6 Å². The Hall–Kier alpha value is -6.20. The average molecular weight is 700 g/mol. The fourth-order valence-electron chi connectivity index (χ4n) is 5.97. The molecule has 5 aromatic carbocycles. The largest absolute Gasteiger partial charge is 0.396 e. The molecule has 0 radical (unpaired) electrons. The number of hydrogen-bond donors (Lipinski definition) is 4. The third-order valence-electron chi connectivity index (χ3n) is 8.72. The standard InChI is InChI=1S/C22H20N2.C17H19N3.C7H8.C2H6/c1-17-7-10-19(11-8-17)20-12-14-21(15-13-20)22(24-23)16-9-18-5-3-2-4-6-18;1-2-3-6-10-19-17-13-8-5-4-7-12(13)16-14(15(17)18)9-11-20-16;1-7-5-3-2-4-6-7;1-2/h2-8,10-16,23H,9H2,1H3;2-4,6-7,9,11,19-20H,1,5,8,10,18H2;2-6H,1H3;1-2H3/b22-16-,24-23?;6-3-;;. The molecule has 53 heavy (non-hydrogen) atoms. The van der Waals surface area contributed by atoms with Crippen LogP contribution in [0.4, 0.5) is 11.4 Å². The van der Waals surface area contributed by atoms with E-state index in [0.717, 1.165) is 53.6 Å². The number of nitrogens with one attached hydrogen (secondary N) is 3. The van der Waals surface area contributed by atoms with Crippen molar-refractivity contribution in [3.05, 3.63) is 192 Å². The Morgan fingerprint density at radius 1 is 0.849 bits per heavy atom. The first-order valence-electron chi connectivity index (χ1n) is 18.4. The molecule has 270 valence electrons. The molecule has 1 aliphatic rings. The molecule has 5 N–H and O–H groups in total. The minimum atomic E-state index is 0.703. The van der Waals surface area contributed by atoms with Crippen molar-refractivity contribution < 1.29 is 0 Å². The fourth-order valence-corrected chi connectivity index (χ4v) is 5.97. The maximum Gasteiger partial charge on any atom is 0.0885 e. The van der Waals surface area contributed by atoms with E-state index >= 15 is 0 Å². The number of allylic oxidation sites excluding steroid dienone is 4. The number of benzene rings is 5. The monoisotopic (exact) mass is 699 g/mol. The number of anilines is 2. The molecule has 0 saturated heterocycles. The summed E-state index contributed by atoms with van der Waals surface area (Å²) < 4.78 is 0. The first-order chi connectivity index (χ1) is 26.0. The van der Waals surface area contributed by atoms with Gasteiger partial charge in [0.2, 0.25) is 0 Å². The van der Waals surface area contributed by atoms with Crippen molar-refractivity contribution in [2.24, 2.45) is 5.11 Å². The van der Waals surface area contributed by atoms with Gasteiger partial charge in [-0.2, -0.15) is 5.11 Å². The highest BCUT2D eigenvalue weighted by Crippen LogP contribution is 2.39. The van der Waals surface area contributed by atoms with E-state index in [9.17, 15) is 0 Å². The molecule has 0 bridgehead atoms. The number of H-pyrrole nitrogens is 1. The number of rotatable bonds is 9. The molecule has 0 saturated carbocycles. The van der Waals surface area contributed by atoms with Crippen molar-refractivity contribution in [3.8, 4) is 11.1 Å². The summed E-state index contributed by atoms with van der Waals surface area (Å²) in [5.74, 6) is 0. The Labute approximate surface area is 316 Å². The van der Waals surface area contributed by atoms with Crippen LogP contribution in [0, 0.1) is 19.4 Å². The zero-order valence-corrected chi connectivity index (χ0v) is 31.6. The topological polar surface area (TPSA) is 90.1 Å². The highest BCUT2D eigenvalue weighted by atomic mass is 15.0. The lowest BCUT2D eigenvalue weighted by atomic mass is 9.92. The number of nitrogens with zero attached hydrogens (tertiary/aromatic N) is 1. The van der Waals surface area contributed by atoms with Gasteiger partial charge in [0.25, 0.3) is 0 Å². The highest BCUT2D eigenvalue weighted by Gasteiger charge is 2.18. The first kappa shape index (κ1) is 39.6. The van der Waals surface area contributed by atoms with E-state index in [-0.39, 0.29) is 0 Å². The van der Waals surface area contributed by atoms with Crippen molar-refractivity contribution in [3.63, 3.8) is 0 Å². The molecule has 0 unspecified atom stereocenters. The number of nitrogens with two attached hydrogens (primary N) is 1. The summed E-state index contributed by atoms with van der Waals surface area (Å²) in [6.45, 7) is 12.6. The molecule has 0 aliphatic heterocycles. The minimum absolute atomic E-state index is 0.703. The smallest absolute Gasteiger partial charge is 0.0885 e. The Morgan fingerprint density at radius 2 is 1.47 bits per heavy atom. The van der Waals surface area contributed by atoms with E-state index in [2.05, 4.69) is 109 Å². The third kappa shape index (κ3) is 11.4. The van der Waals surface area contributed by atoms with Crippen molar-refractivity contribution in [1.82, 2.24) is 4.98 Å². The number of nitrogen functional groups attached to an aromatic ring is 1. The first-order valence-corrected chi connectivity index (χ1v) is 18.4. The van der Waals surface area contributed by atoms with Crippen LogP contribution in [-0.2, 0) is 12.8 Å². The average Bonchev–Trinajstić information content (AvgIpc) is 3.72. The Kier molecular flexibility index (Phi) is 15.9. The lowest BCUT2D eigenvalue weighted by Gasteiger charge is -2.20. The fraction of sp³-hybridized carbons (Fsp3) is 0.167. The molecule has 0 amide bonds. The summed E-state index contributed by atoms with van der Waals surface area (Å²) >= 11 is 0. The predicted octanol–water partition coefficient (Wildman–Crippen LogP) is 13.2. The van der Waals surface area contributed by atoms with Gasteiger partial charge in [0.15, 0.2) is 0 Å². The van der Waals surface area contributed by atoms with Crippen LogP contribution >= 0.6 is 0 Å². The van der Waals surface area contributed by atoms with Gasteiger partial charge in [0.05, 0.1) is 22.6 Å². The molecular formula is C48H53N5. The van der Waals surface area contributed by atoms with Gasteiger partial charge in [0, 0.05) is 29.3 Å². The van der Waals surface area contributed by atoms with Crippen LogP contribution in [-0.4, -0.2) is 11.5 Å². The molecular weight excluding hydrogens is 647 g/mol. The van der Waals surface area contributed by atoms with Gasteiger partial charge in [-0.3, -0.25) is 0 Å². The molecule has 6 aromatic rings. The zero-order chi connectivity index (χ0) is 37.8. The second-order valence-electron chi connectivity index (χ2n) is 12.4. The summed E-state index contributed by atoms with van der Waals surface area (Å²) in [6, 6.07) is 39.3. The molecule has 7 rings (SSSR count). The minimum Gasteiger partial charge on any atom is -0.396 e. The highest BCUT2D eigenvalue weighted by molar-refractivity contribution is 6.04. The van der Waals surface area contributed by atoms with Crippen molar-refractivity contribution in [1.29, 1.82) is 5.53 Å². The maximum atomic E-state index is 7.46. The lowest BCUT2D eigenvalue weighted by Crippen LogP contribution is -2.09. The lowest BCUT2D eigenvalue weighted by molar-refractivity contribution is 0.988. The second kappa shape index (κ2) is 21.2. The predicted molar refractivity (Wildman–Crippen MR) is 230 cm³/mol. The maximum absolute atomic E-state index is 7.46. The van der Waals surface area contributed by atoms with Gasteiger partial charge in [-0.15, -0.1) is 0 Å². The van der Waals surface area contributed by atoms with Crippen LogP contribution < -0.4 is 11.1 Å². The van der Waals surface area contributed by atoms with E-state index in [0.29, 0.717) is 5.70 Å². The van der Waals surface area contributed by atoms with E-state index in [1.54, 1.807) is 6.08 Å². The van der Waals surface area contributed by atoms with Crippen molar-refractivity contribution >= 4 is 34.1 Å². The molecule has 1 heterocycles. The molecule has 1 aromatic heterocycles.